The highest BCUT2D eigenvalue weighted by Crippen LogP contribution is 2.44. The maximum absolute atomic E-state index is 15.1. The molecule has 0 saturated heterocycles. The first-order chi connectivity index (χ1) is 26.1. The van der Waals surface area contributed by atoms with Gasteiger partial charge in [0, 0.05) is 32.1 Å². The van der Waals surface area contributed by atoms with E-state index in [1.54, 1.807) is 0 Å². The van der Waals surface area contributed by atoms with Crippen LogP contribution in [0.25, 0.3) is 81.8 Å². The van der Waals surface area contributed by atoms with E-state index in [4.69, 9.17) is 4.98 Å². The Labute approximate surface area is 305 Å². The highest BCUT2D eigenvalue weighted by molar-refractivity contribution is 7.85. The molecule has 0 N–H and O–H groups in total. The molecule has 0 aliphatic rings. The van der Waals surface area contributed by atoms with Gasteiger partial charge in [-0.1, -0.05) is 152 Å². The maximum Gasteiger partial charge on any atom is 0.171 e. The number of para-hydroxylation sites is 2. The van der Waals surface area contributed by atoms with E-state index in [-0.39, 0.29) is 0 Å². The van der Waals surface area contributed by atoms with Crippen molar-refractivity contribution in [3.8, 4) is 11.1 Å². The van der Waals surface area contributed by atoms with E-state index in [2.05, 4.69) is 132 Å². The monoisotopic (exact) mass is 694 g/mol. The lowest BCUT2D eigenvalue weighted by Crippen LogP contribution is -2.24. The van der Waals surface area contributed by atoms with E-state index < -0.39 is 7.14 Å². The van der Waals surface area contributed by atoms with Crippen molar-refractivity contribution in [3.05, 3.63) is 188 Å². The fraction of sp³-hybridized carbons (Fsp3) is 0. The van der Waals surface area contributed by atoms with Crippen molar-refractivity contribution in [1.29, 1.82) is 0 Å². The van der Waals surface area contributed by atoms with Gasteiger partial charge in [-0.25, -0.2) is 4.98 Å². The number of rotatable bonds is 4. The zero-order valence-electron chi connectivity index (χ0n) is 28.6. The maximum atomic E-state index is 15.1. The summed E-state index contributed by atoms with van der Waals surface area (Å²) in [4.78, 5) is 5.17. The van der Waals surface area contributed by atoms with Crippen molar-refractivity contribution in [2.45, 2.75) is 0 Å². The van der Waals surface area contributed by atoms with E-state index in [1.165, 1.54) is 32.3 Å². The van der Waals surface area contributed by atoms with Gasteiger partial charge in [0.2, 0.25) is 0 Å². The van der Waals surface area contributed by atoms with Crippen LogP contribution in [0.5, 0.6) is 0 Å². The molecule has 0 bridgehead atoms. The number of nitrogens with zero attached hydrogens (tertiary/aromatic N) is 2. The van der Waals surface area contributed by atoms with Gasteiger partial charge >= 0.3 is 0 Å². The Morgan fingerprint density at radius 1 is 0.396 bits per heavy atom. The summed E-state index contributed by atoms with van der Waals surface area (Å²) in [6, 6.07) is 65.6. The molecule has 0 aliphatic carbocycles. The predicted octanol–water partition coefficient (Wildman–Crippen LogP) is 11.6. The van der Waals surface area contributed by atoms with Gasteiger partial charge in [0.1, 0.15) is 5.65 Å². The molecule has 0 saturated carbocycles. The minimum atomic E-state index is -3.07. The fourth-order valence-electron chi connectivity index (χ4n) is 8.46. The summed E-state index contributed by atoms with van der Waals surface area (Å²) in [5, 5.41) is 13.2. The summed E-state index contributed by atoms with van der Waals surface area (Å²) in [6.45, 7) is 0. The number of fused-ring (bicyclic) bond motifs is 13. The molecule has 0 atom stereocenters. The Balaban J connectivity index is 1.08. The van der Waals surface area contributed by atoms with Crippen LogP contribution in [-0.4, -0.2) is 9.38 Å². The molecular weight excluding hydrogens is 664 g/mol. The molecule has 0 amide bonds. The molecule has 0 unspecified atom stereocenters. The molecule has 0 aliphatic heterocycles. The molecule has 0 radical (unpaired) electrons. The van der Waals surface area contributed by atoms with Gasteiger partial charge in [0.05, 0.1) is 16.6 Å². The Kier molecular flexibility index (Phi) is 6.53. The average molecular weight is 695 g/mol. The molecule has 53 heavy (non-hydrogen) atoms. The van der Waals surface area contributed by atoms with Crippen LogP contribution in [0.2, 0.25) is 0 Å². The first kappa shape index (κ1) is 30.1. The van der Waals surface area contributed by atoms with Gasteiger partial charge in [-0.05, 0) is 79.8 Å². The van der Waals surface area contributed by atoms with Crippen molar-refractivity contribution in [2.24, 2.45) is 0 Å². The average Bonchev–Trinajstić information content (AvgIpc) is 3.63. The number of hydrogen-bond donors (Lipinski definition) is 0. The summed E-state index contributed by atoms with van der Waals surface area (Å²) < 4.78 is 17.4. The second-order valence-electron chi connectivity index (χ2n) is 13.9. The first-order valence-electron chi connectivity index (χ1n) is 18.0. The van der Waals surface area contributed by atoms with E-state index in [1.807, 2.05) is 60.7 Å². The number of benzene rings is 9. The third-order valence-corrected chi connectivity index (χ3v) is 14.1. The van der Waals surface area contributed by atoms with Gasteiger partial charge in [-0.2, -0.15) is 0 Å². The molecule has 11 rings (SSSR count). The van der Waals surface area contributed by atoms with E-state index in [9.17, 15) is 0 Å². The first-order valence-corrected chi connectivity index (χ1v) is 19.7. The molecule has 4 heteroatoms. The minimum absolute atomic E-state index is 0.841. The molecule has 2 heterocycles. The second-order valence-corrected chi connectivity index (χ2v) is 16.7. The summed E-state index contributed by atoms with van der Waals surface area (Å²) >= 11 is 0. The molecule has 248 valence electrons. The standard InChI is InChI=1S/C49H31N2OP/c52-53(37-12-3-1-4-13-37,38-14-5-2-6-15-38)39-24-28-41-36(30-39)20-19-35-29-33(22-25-40(35)41)34-23-26-43-47(31-34)51-46-18-10-9-17-45(46)50-49(51)44-27-21-32-11-7-8-16-42(32)48(43)44/h1-31H. The number of hydrogen-bond acceptors (Lipinski definition) is 2. The Hall–Kier alpha value is -6.54. The predicted molar refractivity (Wildman–Crippen MR) is 225 cm³/mol. The zero-order valence-corrected chi connectivity index (χ0v) is 29.5. The molecule has 11 aromatic rings. The third-order valence-electron chi connectivity index (χ3n) is 11.0. The smallest absolute Gasteiger partial charge is 0.171 e. The summed E-state index contributed by atoms with van der Waals surface area (Å²) in [5.74, 6) is 0. The normalized spacial score (nSPS) is 12.2. The van der Waals surface area contributed by atoms with Crippen LogP contribution in [-0.2, 0) is 4.57 Å². The molecular formula is C49H31N2OP. The lowest BCUT2D eigenvalue weighted by atomic mass is 9.95. The molecule has 2 aromatic heterocycles. The summed E-state index contributed by atoms with van der Waals surface area (Å²) in [7, 11) is -3.07. The van der Waals surface area contributed by atoms with E-state index >= 15 is 4.57 Å². The third kappa shape index (κ3) is 4.48. The van der Waals surface area contributed by atoms with Crippen LogP contribution in [0, 0.1) is 0 Å². The van der Waals surface area contributed by atoms with Gasteiger partial charge in [0.15, 0.2) is 7.14 Å². The van der Waals surface area contributed by atoms with Crippen LogP contribution in [0.4, 0.5) is 0 Å². The second kappa shape index (κ2) is 11.5. The van der Waals surface area contributed by atoms with E-state index in [0.29, 0.717) is 0 Å². The van der Waals surface area contributed by atoms with Crippen LogP contribution in [0.3, 0.4) is 0 Å². The quantitative estimate of drug-likeness (QED) is 0.136. The topological polar surface area (TPSA) is 34.4 Å². The Morgan fingerprint density at radius 3 is 1.75 bits per heavy atom. The van der Waals surface area contributed by atoms with Crippen LogP contribution in [0.15, 0.2) is 188 Å². The highest BCUT2D eigenvalue weighted by atomic mass is 31.2. The Morgan fingerprint density at radius 2 is 0.981 bits per heavy atom. The van der Waals surface area contributed by atoms with Crippen molar-refractivity contribution < 1.29 is 4.57 Å². The summed E-state index contributed by atoms with van der Waals surface area (Å²) in [5.41, 5.74) is 6.52. The fourth-order valence-corrected chi connectivity index (χ4v) is 11.1. The van der Waals surface area contributed by atoms with Crippen LogP contribution < -0.4 is 15.9 Å². The van der Waals surface area contributed by atoms with Gasteiger partial charge in [0.25, 0.3) is 0 Å². The van der Waals surface area contributed by atoms with Crippen molar-refractivity contribution in [2.75, 3.05) is 0 Å². The minimum Gasteiger partial charge on any atom is -0.309 e. The van der Waals surface area contributed by atoms with Crippen molar-refractivity contribution in [1.82, 2.24) is 9.38 Å². The SMILES string of the molecule is O=P(c1ccccc1)(c1ccccc1)c1ccc2c(ccc3cc(-c4ccc5c6c7ccccc7ccc6c6nc7ccccc7n6c5c4)ccc32)c1. The lowest BCUT2D eigenvalue weighted by Gasteiger charge is -2.20. The largest absolute Gasteiger partial charge is 0.309 e. The van der Waals surface area contributed by atoms with Gasteiger partial charge in [-0.15, -0.1) is 0 Å². The van der Waals surface area contributed by atoms with Crippen molar-refractivity contribution >= 4 is 93.7 Å². The summed E-state index contributed by atoms with van der Waals surface area (Å²) in [6.07, 6.45) is 0. The van der Waals surface area contributed by atoms with Crippen molar-refractivity contribution in [3.63, 3.8) is 0 Å². The molecule has 3 nitrogen and oxygen atoms in total. The lowest BCUT2D eigenvalue weighted by molar-refractivity contribution is 0.592. The molecule has 0 fully saturated rings. The number of imidazole rings is 1. The van der Waals surface area contributed by atoms with Gasteiger partial charge in [-0.3, -0.25) is 4.40 Å². The highest BCUT2D eigenvalue weighted by Gasteiger charge is 2.29. The van der Waals surface area contributed by atoms with Crippen LogP contribution in [0.1, 0.15) is 0 Å². The van der Waals surface area contributed by atoms with E-state index in [0.717, 1.165) is 65.4 Å². The molecule has 9 aromatic carbocycles. The molecule has 0 spiro atoms. The van der Waals surface area contributed by atoms with Gasteiger partial charge < -0.3 is 4.57 Å². The number of pyridine rings is 1. The Bertz CT molecular complexity index is 3270. The zero-order chi connectivity index (χ0) is 35.1. The van der Waals surface area contributed by atoms with Crippen LogP contribution >= 0.6 is 7.14 Å². The number of aromatic nitrogens is 2.